The monoisotopic (exact) mass is 378 g/mol. The van der Waals surface area contributed by atoms with E-state index in [0.717, 1.165) is 48.8 Å². The van der Waals surface area contributed by atoms with E-state index in [1.807, 2.05) is 43.1 Å². The third-order valence-electron chi connectivity index (χ3n) is 5.44. The van der Waals surface area contributed by atoms with Crippen molar-refractivity contribution in [3.8, 4) is 0 Å². The van der Waals surface area contributed by atoms with Gasteiger partial charge in [-0.05, 0) is 57.4 Å². The van der Waals surface area contributed by atoms with Crippen LogP contribution < -0.4 is 0 Å². The lowest BCUT2D eigenvalue weighted by Crippen LogP contribution is -2.35. The number of carbonyl (C=O) groups is 1. The molecule has 28 heavy (non-hydrogen) atoms. The summed E-state index contributed by atoms with van der Waals surface area (Å²) in [5, 5.41) is 4.44. The molecule has 3 aromatic rings. The summed E-state index contributed by atoms with van der Waals surface area (Å²) in [4.78, 5) is 23.8. The lowest BCUT2D eigenvalue weighted by molar-refractivity contribution is -0.133. The van der Waals surface area contributed by atoms with Gasteiger partial charge in [-0.25, -0.2) is 4.98 Å². The Kier molecular flexibility index (Phi) is 4.98. The predicted octanol–water partition coefficient (Wildman–Crippen LogP) is 2.81. The molecular weight excluding hydrogens is 352 g/mol. The maximum Gasteiger partial charge on any atom is 0.244 e. The van der Waals surface area contributed by atoms with Gasteiger partial charge < -0.3 is 9.47 Å². The number of likely N-dealkylation sites (tertiary alicyclic amines) is 1. The number of carbonyl (C=O) groups excluding carboxylic acids is 1. The zero-order valence-corrected chi connectivity index (χ0v) is 16.7. The van der Waals surface area contributed by atoms with Crippen LogP contribution in [0.5, 0.6) is 0 Å². The summed E-state index contributed by atoms with van der Waals surface area (Å²) in [7, 11) is 0. The topological polar surface area (TPSA) is 68.8 Å². The SMILES string of the molecule is Cc1cc(C)n(CC(=O)N2CCCC2c2ncc(C)n2Cc2ccncc2)n1. The lowest BCUT2D eigenvalue weighted by atomic mass is 10.2. The summed E-state index contributed by atoms with van der Waals surface area (Å²) in [6.45, 7) is 7.78. The molecule has 0 saturated carbocycles. The zero-order valence-electron chi connectivity index (χ0n) is 16.7. The van der Waals surface area contributed by atoms with Crippen LogP contribution in [0.1, 0.15) is 47.4 Å². The maximum atomic E-state index is 13.1. The van der Waals surface area contributed by atoms with Crippen molar-refractivity contribution in [1.29, 1.82) is 0 Å². The van der Waals surface area contributed by atoms with E-state index in [-0.39, 0.29) is 18.5 Å². The number of nitrogens with zero attached hydrogens (tertiary/aromatic N) is 6. The molecule has 0 bridgehead atoms. The number of rotatable bonds is 5. The zero-order chi connectivity index (χ0) is 19.7. The van der Waals surface area contributed by atoms with Crippen molar-refractivity contribution in [2.75, 3.05) is 6.54 Å². The second kappa shape index (κ2) is 7.58. The second-order valence-electron chi connectivity index (χ2n) is 7.53. The van der Waals surface area contributed by atoms with Gasteiger partial charge in [0, 0.05) is 43.1 Å². The van der Waals surface area contributed by atoms with Gasteiger partial charge in [0.25, 0.3) is 0 Å². The Hall–Kier alpha value is -2.96. The van der Waals surface area contributed by atoms with Crippen LogP contribution in [-0.2, 0) is 17.9 Å². The van der Waals surface area contributed by atoms with Crippen LogP contribution in [0.4, 0.5) is 0 Å². The van der Waals surface area contributed by atoms with Crippen LogP contribution in [0.2, 0.25) is 0 Å². The van der Waals surface area contributed by atoms with Gasteiger partial charge in [0.1, 0.15) is 12.4 Å². The highest BCUT2D eigenvalue weighted by molar-refractivity contribution is 5.76. The highest BCUT2D eigenvalue weighted by atomic mass is 16.2. The molecule has 0 radical (unpaired) electrons. The predicted molar refractivity (Wildman–Crippen MR) is 106 cm³/mol. The van der Waals surface area contributed by atoms with E-state index in [9.17, 15) is 4.79 Å². The molecule has 1 fully saturated rings. The molecule has 146 valence electrons. The van der Waals surface area contributed by atoms with Gasteiger partial charge in [0.15, 0.2) is 0 Å². The van der Waals surface area contributed by atoms with Crippen LogP contribution in [0, 0.1) is 20.8 Å². The molecule has 7 heteroatoms. The standard InChI is InChI=1S/C21H26N6O/c1-15-11-16(2)27(24-15)14-20(28)25-10-4-5-19(25)21-23-12-17(3)26(21)13-18-6-8-22-9-7-18/h6-9,11-12,19H,4-5,10,13-14H2,1-3H3. The summed E-state index contributed by atoms with van der Waals surface area (Å²) in [5.74, 6) is 1.07. The van der Waals surface area contributed by atoms with E-state index in [4.69, 9.17) is 0 Å². The summed E-state index contributed by atoms with van der Waals surface area (Å²) in [6.07, 6.45) is 7.45. The molecule has 1 unspecified atom stereocenters. The number of aryl methyl sites for hydroxylation is 3. The van der Waals surface area contributed by atoms with E-state index in [1.165, 1.54) is 5.56 Å². The normalized spacial score (nSPS) is 16.7. The fraction of sp³-hybridized carbons (Fsp3) is 0.429. The molecule has 1 aliphatic rings. The van der Waals surface area contributed by atoms with Crippen molar-refractivity contribution in [1.82, 2.24) is 29.2 Å². The van der Waals surface area contributed by atoms with Crippen LogP contribution in [0.3, 0.4) is 0 Å². The molecular formula is C21H26N6O. The average Bonchev–Trinajstić information content (AvgIpc) is 3.36. The molecule has 4 rings (SSSR count). The van der Waals surface area contributed by atoms with Crippen LogP contribution >= 0.6 is 0 Å². The van der Waals surface area contributed by atoms with E-state index in [2.05, 4.69) is 26.6 Å². The highest BCUT2D eigenvalue weighted by Crippen LogP contribution is 2.32. The molecule has 0 aromatic carbocycles. The van der Waals surface area contributed by atoms with Gasteiger partial charge in [0.2, 0.25) is 5.91 Å². The molecule has 0 aliphatic carbocycles. The molecule has 0 spiro atoms. The summed E-state index contributed by atoms with van der Waals surface area (Å²) in [6, 6.07) is 6.05. The van der Waals surface area contributed by atoms with E-state index < -0.39 is 0 Å². The van der Waals surface area contributed by atoms with Crippen LogP contribution in [0.25, 0.3) is 0 Å². The lowest BCUT2D eigenvalue weighted by Gasteiger charge is -2.25. The molecule has 4 heterocycles. The Morgan fingerprint density at radius 1 is 1.18 bits per heavy atom. The number of imidazole rings is 1. The van der Waals surface area contributed by atoms with Crippen LogP contribution in [-0.4, -0.2) is 41.7 Å². The molecule has 7 nitrogen and oxygen atoms in total. The largest absolute Gasteiger partial charge is 0.331 e. The first kappa shape index (κ1) is 18.4. The first-order valence-corrected chi connectivity index (χ1v) is 9.74. The summed E-state index contributed by atoms with van der Waals surface area (Å²) in [5.41, 5.74) is 4.23. The average molecular weight is 378 g/mol. The van der Waals surface area contributed by atoms with Crippen LogP contribution in [0.15, 0.2) is 36.8 Å². The molecule has 1 saturated heterocycles. The molecule has 3 aromatic heterocycles. The number of hydrogen-bond acceptors (Lipinski definition) is 4. The molecule has 1 atom stereocenters. The molecule has 0 N–H and O–H groups in total. The Morgan fingerprint density at radius 3 is 2.68 bits per heavy atom. The van der Waals surface area contributed by atoms with Gasteiger partial charge in [-0.1, -0.05) is 0 Å². The summed E-state index contributed by atoms with van der Waals surface area (Å²) < 4.78 is 4.01. The van der Waals surface area contributed by atoms with Crippen molar-refractivity contribution in [3.63, 3.8) is 0 Å². The number of aromatic nitrogens is 5. The van der Waals surface area contributed by atoms with Crippen molar-refractivity contribution in [3.05, 3.63) is 65.3 Å². The molecule has 1 aliphatic heterocycles. The maximum absolute atomic E-state index is 13.1. The number of amides is 1. The van der Waals surface area contributed by atoms with Crippen molar-refractivity contribution < 1.29 is 4.79 Å². The van der Waals surface area contributed by atoms with Gasteiger partial charge >= 0.3 is 0 Å². The Balaban J connectivity index is 1.57. The van der Waals surface area contributed by atoms with Crippen molar-refractivity contribution >= 4 is 5.91 Å². The van der Waals surface area contributed by atoms with Gasteiger partial charge in [0.05, 0.1) is 11.7 Å². The third-order valence-corrected chi connectivity index (χ3v) is 5.44. The minimum absolute atomic E-state index is 0.0139. The Morgan fingerprint density at radius 2 is 1.96 bits per heavy atom. The Labute approximate surface area is 165 Å². The second-order valence-corrected chi connectivity index (χ2v) is 7.53. The number of pyridine rings is 1. The van der Waals surface area contributed by atoms with Gasteiger partial charge in [-0.3, -0.25) is 14.5 Å². The quantitative estimate of drug-likeness (QED) is 0.685. The fourth-order valence-corrected chi connectivity index (χ4v) is 4.01. The fourth-order valence-electron chi connectivity index (χ4n) is 4.01. The highest BCUT2D eigenvalue weighted by Gasteiger charge is 2.33. The van der Waals surface area contributed by atoms with E-state index in [0.29, 0.717) is 0 Å². The van der Waals surface area contributed by atoms with Crippen molar-refractivity contribution in [2.45, 2.75) is 52.7 Å². The minimum atomic E-state index is 0.0139. The van der Waals surface area contributed by atoms with Gasteiger partial charge in [-0.2, -0.15) is 5.10 Å². The first-order chi connectivity index (χ1) is 13.5. The van der Waals surface area contributed by atoms with Crippen molar-refractivity contribution in [2.24, 2.45) is 0 Å². The minimum Gasteiger partial charge on any atom is -0.331 e. The third kappa shape index (κ3) is 3.56. The Bertz CT molecular complexity index is 974. The van der Waals surface area contributed by atoms with E-state index in [1.54, 1.807) is 17.1 Å². The smallest absolute Gasteiger partial charge is 0.244 e. The molecule has 1 amide bonds. The number of hydrogen-bond donors (Lipinski definition) is 0. The summed E-state index contributed by atoms with van der Waals surface area (Å²) >= 11 is 0. The van der Waals surface area contributed by atoms with E-state index >= 15 is 0 Å². The van der Waals surface area contributed by atoms with Gasteiger partial charge in [-0.15, -0.1) is 0 Å². The first-order valence-electron chi connectivity index (χ1n) is 9.74.